The third-order valence-electron chi connectivity index (χ3n) is 9.30. The van der Waals surface area contributed by atoms with Crippen molar-refractivity contribution >= 4 is 15.7 Å². The van der Waals surface area contributed by atoms with E-state index in [9.17, 15) is 53.4 Å². The van der Waals surface area contributed by atoms with Gasteiger partial charge in [0.15, 0.2) is 9.84 Å². The highest BCUT2D eigenvalue weighted by atomic mass is 32.2. The van der Waals surface area contributed by atoms with Gasteiger partial charge in [0.2, 0.25) is 0 Å². The van der Waals surface area contributed by atoms with E-state index in [1.807, 2.05) is 0 Å². The fraction of sp³-hybridized carbons (Fsp3) is 0.552. The van der Waals surface area contributed by atoms with Gasteiger partial charge in [0.25, 0.3) is 5.91 Å². The number of sulfone groups is 1. The van der Waals surface area contributed by atoms with E-state index in [2.05, 4.69) is 0 Å². The predicted molar refractivity (Wildman–Crippen MR) is 138 cm³/mol. The Hall–Kier alpha value is -2.74. The number of aryl methyl sites for hydroxylation is 1. The molecule has 236 valence electrons. The second kappa shape index (κ2) is 10.7. The van der Waals surface area contributed by atoms with Crippen LogP contribution in [0.25, 0.3) is 0 Å². The molecular formula is C29H29F8NO4S. The van der Waals surface area contributed by atoms with Crippen LogP contribution in [0, 0.1) is 11.7 Å². The summed E-state index contributed by atoms with van der Waals surface area (Å²) >= 11 is 0. The van der Waals surface area contributed by atoms with Crippen LogP contribution in [0.4, 0.5) is 35.1 Å². The molecule has 2 aliphatic carbocycles. The molecule has 43 heavy (non-hydrogen) atoms. The molecule has 0 bridgehead atoms. The average Bonchev–Trinajstić information content (AvgIpc) is 3.37. The van der Waals surface area contributed by atoms with Crippen LogP contribution < -0.4 is 0 Å². The Kier molecular flexibility index (Phi) is 7.89. The minimum Gasteiger partial charge on any atom is -0.383 e. The summed E-state index contributed by atoms with van der Waals surface area (Å²) in [5.74, 6) is -1.80. The highest BCUT2D eigenvalue weighted by Gasteiger charge is 2.74. The summed E-state index contributed by atoms with van der Waals surface area (Å²) in [4.78, 5) is 14.5. The van der Waals surface area contributed by atoms with E-state index >= 15 is 0 Å². The standard InChI is InChI=1S/C29H29F8NO4S/c30-20-8-10-21(11-9-20)43(41,42)26-14-15-38(25(40)24(39)17-4-2-1-3-5-17)23(26)13-6-18-16-19(7-12-22(18)26)27(31,28(32,33)34)29(35,36)37/h7-12,16-17,23-24,39H,1-6,13-15H2/t23-,24-,26-/m1/s1. The van der Waals surface area contributed by atoms with E-state index < -0.39 is 62.0 Å². The molecule has 3 aliphatic rings. The molecule has 14 heteroatoms. The number of halogens is 8. The van der Waals surface area contributed by atoms with Gasteiger partial charge in [0.1, 0.15) is 16.7 Å². The summed E-state index contributed by atoms with van der Waals surface area (Å²) in [5, 5.41) is 11.0. The van der Waals surface area contributed by atoms with Crippen molar-refractivity contribution in [2.45, 2.75) is 91.2 Å². The summed E-state index contributed by atoms with van der Waals surface area (Å²) in [6.45, 7) is -0.174. The van der Waals surface area contributed by atoms with E-state index in [0.717, 1.165) is 49.6 Å². The van der Waals surface area contributed by atoms with Crippen LogP contribution in [-0.2, 0) is 31.5 Å². The molecule has 2 fully saturated rings. The summed E-state index contributed by atoms with van der Waals surface area (Å²) in [5.41, 5.74) is -7.85. The van der Waals surface area contributed by atoms with Gasteiger partial charge in [-0.1, -0.05) is 37.5 Å². The molecule has 1 saturated heterocycles. The van der Waals surface area contributed by atoms with E-state index in [-0.39, 0.29) is 53.8 Å². The van der Waals surface area contributed by atoms with Crippen LogP contribution >= 0.6 is 0 Å². The van der Waals surface area contributed by atoms with Gasteiger partial charge < -0.3 is 10.0 Å². The molecule has 1 saturated carbocycles. The maximum atomic E-state index is 15.0. The Balaban J connectivity index is 1.65. The number of nitrogens with zero attached hydrogens (tertiary/aromatic N) is 1. The number of hydrogen-bond acceptors (Lipinski definition) is 4. The lowest BCUT2D eigenvalue weighted by Crippen LogP contribution is -2.55. The van der Waals surface area contributed by atoms with Gasteiger partial charge in [0, 0.05) is 12.1 Å². The molecule has 1 heterocycles. The van der Waals surface area contributed by atoms with Gasteiger partial charge in [-0.3, -0.25) is 4.79 Å². The molecule has 1 aliphatic heterocycles. The van der Waals surface area contributed by atoms with Gasteiger partial charge in [-0.15, -0.1) is 0 Å². The molecule has 0 radical (unpaired) electrons. The van der Waals surface area contributed by atoms with E-state index in [1.165, 1.54) is 4.90 Å². The lowest BCUT2D eigenvalue weighted by atomic mass is 9.76. The largest absolute Gasteiger partial charge is 0.435 e. The van der Waals surface area contributed by atoms with E-state index in [0.29, 0.717) is 18.9 Å². The Morgan fingerprint density at radius 2 is 1.51 bits per heavy atom. The molecule has 2 aromatic carbocycles. The molecule has 3 atom stereocenters. The Bertz CT molecular complexity index is 1470. The number of hydrogen-bond donors (Lipinski definition) is 1. The third kappa shape index (κ3) is 4.83. The predicted octanol–water partition coefficient (Wildman–Crippen LogP) is 6.27. The van der Waals surface area contributed by atoms with Crippen molar-refractivity contribution < 1.29 is 53.4 Å². The van der Waals surface area contributed by atoms with Crippen molar-refractivity contribution in [1.29, 1.82) is 0 Å². The number of aliphatic hydroxyl groups is 1. The fourth-order valence-electron chi connectivity index (χ4n) is 7.14. The second-order valence-corrected chi connectivity index (χ2v) is 13.8. The van der Waals surface area contributed by atoms with E-state index in [4.69, 9.17) is 0 Å². The van der Waals surface area contributed by atoms with Gasteiger partial charge in [-0.2, -0.15) is 26.3 Å². The van der Waals surface area contributed by atoms with Crippen molar-refractivity contribution in [3.63, 3.8) is 0 Å². The zero-order valence-electron chi connectivity index (χ0n) is 22.7. The van der Waals surface area contributed by atoms with Crippen LogP contribution in [0.3, 0.4) is 0 Å². The lowest BCUT2D eigenvalue weighted by molar-refractivity contribution is -0.348. The van der Waals surface area contributed by atoms with Crippen molar-refractivity contribution in [3.05, 3.63) is 65.0 Å². The van der Waals surface area contributed by atoms with Crippen molar-refractivity contribution in [2.24, 2.45) is 5.92 Å². The monoisotopic (exact) mass is 639 g/mol. The highest BCUT2D eigenvalue weighted by molar-refractivity contribution is 7.92. The minimum atomic E-state index is -6.36. The van der Waals surface area contributed by atoms with Crippen LogP contribution in [0.15, 0.2) is 47.4 Å². The molecule has 0 spiro atoms. The molecule has 2 aromatic rings. The van der Waals surface area contributed by atoms with Gasteiger partial charge in [-0.25, -0.2) is 17.2 Å². The third-order valence-corrected chi connectivity index (χ3v) is 11.8. The molecule has 5 nitrogen and oxygen atoms in total. The quantitative estimate of drug-likeness (QED) is 0.309. The summed E-state index contributed by atoms with van der Waals surface area (Å²) in [6, 6.07) is 4.05. The number of alkyl halides is 7. The zero-order chi connectivity index (χ0) is 31.6. The first-order valence-electron chi connectivity index (χ1n) is 13.9. The topological polar surface area (TPSA) is 74.7 Å². The summed E-state index contributed by atoms with van der Waals surface area (Å²) < 4.78 is 136. The molecule has 0 aromatic heterocycles. The SMILES string of the molecule is O=C([C@H](O)C1CCCCC1)N1CC[C@@]2(S(=O)(=O)c3ccc(F)cc3)c3ccc(C(F)(C(F)(F)F)C(F)(F)F)cc3CC[C@@H]12. The number of likely N-dealkylation sites (tertiary alicyclic amines) is 1. The maximum Gasteiger partial charge on any atom is 0.435 e. The Morgan fingerprint density at radius 1 is 0.907 bits per heavy atom. The van der Waals surface area contributed by atoms with Gasteiger partial charge in [-0.05, 0) is 73.4 Å². The minimum absolute atomic E-state index is 0.161. The van der Waals surface area contributed by atoms with E-state index in [1.54, 1.807) is 0 Å². The summed E-state index contributed by atoms with van der Waals surface area (Å²) in [7, 11) is -4.59. The number of benzene rings is 2. The summed E-state index contributed by atoms with van der Waals surface area (Å²) in [6.07, 6.45) is -11.1. The second-order valence-electron chi connectivity index (χ2n) is 11.6. The first kappa shape index (κ1) is 31.7. The highest BCUT2D eigenvalue weighted by Crippen LogP contribution is 2.57. The first-order chi connectivity index (χ1) is 20.0. The number of amides is 1. The lowest BCUT2D eigenvalue weighted by Gasteiger charge is -2.43. The molecule has 1 amide bonds. The van der Waals surface area contributed by atoms with Gasteiger partial charge in [0.05, 0.1) is 10.9 Å². The molecule has 1 N–H and O–H groups in total. The molecular weight excluding hydrogens is 610 g/mol. The van der Waals surface area contributed by atoms with Crippen LogP contribution in [-0.4, -0.2) is 55.4 Å². The fourth-order valence-corrected chi connectivity index (χ4v) is 9.51. The zero-order valence-corrected chi connectivity index (χ0v) is 23.5. The van der Waals surface area contributed by atoms with Crippen molar-refractivity contribution in [2.75, 3.05) is 6.54 Å². The number of carbonyl (C=O) groups excluding carboxylic acids is 1. The van der Waals surface area contributed by atoms with Crippen molar-refractivity contribution in [1.82, 2.24) is 4.90 Å². The number of carbonyl (C=O) groups is 1. The smallest absolute Gasteiger partial charge is 0.383 e. The number of aliphatic hydroxyl groups excluding tert-OH is 1. The Labute approximate surface area is 242 Å². The maximum absolute atomic E-state index is 15.0. The van der Waals surface area contributed by atoms with Crippen LogP contribution in [0.2, 0.25) is 0 Å². The van der Waals surface area contributed by atoms with Crippen LogP contribution in [0.1, 0.15) is 61.6 Å². The molecule has 0 unspecified atom stereocenters. The first-order valence-corrected chi connectivity index (χ1v) is 15.4. The Morgan fingerprint density at radius 3 is 2.09 bits per heavy atom. The van der Waals surface area contributed by atoms with Gasteiger partial charge >= 0.3 is 18.0 Å². The number of fused-ring (bicyclic) bond motifs is 3. The molecule has 5 rings (SSSR count). The average molecular weight is 640 g/mol. The van der Waals surface area contributed by atoms with Crippen LogP contribution in [0.5, 0.6) is 0 Å². The number of rotatable bonds is 5. The van der Waals surface area contributed by atoms with Crippen molar-refractivity contribution in [3.8, 4) is 0 Å². The normalized spacial score (nSPS) is 24.4.